The van der Waals surface area contributed by atoms with Crippen molar-refractivity contribution < 1.29 is 15.3 Å². The summed E-state index contributed by atoms with van der Waals surface area (Å²) in [5.74, 6) is 1.29. The average molecular weight is 492 g/mol. The Hall–Kier alpha value is -0.160. The molecule has 4 saturated carbocycles. The first-order valence-corrected chi connectivity index (χ1v) is 14.7. The highest BCUT2D eigenvalue weighted by atomic mass is 16.3. The van der Waals surface area contributed by atoms with E-state index in [4.69, 9.17) is 0 Å². The number of rotatable bonds is 5. The highest BCUT2D eigenvalue weighted by Gasteiger charge is 2.71. The van der Waals surface area contributed by atoms with Gasteiger partial charge in [0.05, 0.1) is 17.8 Å². The number of hydrogen-bond donors (Lipinski definition) is 4. The predicted molar refractivity (Wildman–Crippen MR) is 144 cm³/mol. The monoisotopic (exact) mass is 491 g/mol. The van der Waals surface area contributed by atoms with E-state index < -0.39 is 5.60 Å². The van der Waals surface area contributed by atoms with Gasteiger partial charge in [0.1, 0.15) is 0 Å². The van der Waals surface area contributed by atoms with Crippen molar-refractivity contribution >= 4 is 0 Å². The molecule has 10 atom stereocenters. The first-order chi connectivity index (χ1) is 15.9. The Balaban J connectivity index is 1.58. The van der Waals surface area contributed by atoms with Gasteiger partial charge in [-0.05, 0) is 137 Å². The fourth-order valence-corrected chi connectivity index (χ4v) is 10.5. The van der Waals surface area contributed by atoms with Gasteiger partial charge < -0.3 is 20.6 Å². The van der Waals surface area contributed by atoms with Crippen LogP contribution in [-0.2, 0) is 0 Å². The van der Waals surface area contributed by atoms with Gasteiger partial charge in [0.15, 0.2) is 0 Å². The van der Waals surface area contributed by atoms with Crippen LogP contribution in [0.3, 0.4) is 0 Å². The average Bonchev–Trinajstić information content (AvgIpc) is 3.11. The highest BCUT2D eigenvalue weighted by Crippen LogP contribution is 2.75. The molecule has 4 N–H and O–H groups in total. The van der Waals surface area contributed by atoms with Crippen molar-refractivity contribution in [3.8, 4) is 0 Å². The summed E-state index contributed by atoms with van der Waals surface area (Å²) in [6.45, 7) is 21.6. The van der Waals surface area contributed by atoms with Crippen molar-refractivity contribution in [1.82, 2.24) is 5.32 Å². The molecule has 0 saturated heterocycles. The van der Waals surface area contributed by atoms with Gasteiger partial charge in [0.25, 0.3) is 0 Å². The molecular formula is C31H57NO3. The maximum atomic E-state index is 11.8. The number of aliphatic hydroxyl groups excluding tert-OH is 2. The van der Waals surface area contributed by atoms with Gasteiger partial charge >= 0.3 is 0 Å². The molecular weight excluding hydrogens is 434 g/mol. The third-order valence-electron chi connectivity index (χ3n) is 12.7. The van der Waals surface area contributed by atoms with Crippen molar-refractivity contribution in [3.05, 3.63) is 0 Å². The minimum Gasteiger partial charge on any atom is -0.393 e. The SMILES string of the molecule is CC(C)(C)NCCC[C@](C)(O)[C@H]1CC[C@]2(C)C1[C@H](O)CC1[C@@]3(C)CC[C@H](O)C(C)(C)C3CC[C@]12C. The van der Waals surface area contributed by atoms with E-state index in [2.05, 4.69) is 60.7 Å². The van der Waals surface area contributed by atoms with Gasteiger partial charge in [-0.15, -0.1) is 0 Å². The predicted octanol–water partition coefficient (Wildman–Crippen LogP) is 5.92. The molecule has 4 aliphatic rings. The molecule has 0 bridgehead atoms. The lowest BCUT2D eigenvalue weighted by atomic mass is 9.35. The minimum atomic E-state index is -0.746. The molecule has 4 rings (SSSR count). The van der Waals surface area contributed by atoms with Crippen molar-refractivity contribution in [2.24, 2.45) is 45.3 Å². The fraction of sp³-hybridized carbons (Fsp3) is 1.00. The van der Waals surface area contributed by atoms with Gasteiger partial charge in [-0.3, -0.25) is 0 Å². The second-order valence-corrected chi connectivity index (χ2v) is 16.0. The van der Waals surface area contributed by atoms with Gasteiger partial charge in [-0.1, -0.05) is 34.6 Å². The summed E-state index contributed by atoms with van der Waals surface area (Å²) in [5, 5.41) is 38.0. The van der Waals surface area contributed by atoms with Crippen LogP contribution < -0.4 is 5.32 Å². The van der Waals surface area contributed by atoms with Crippen LogP contribution in [0.2, 0.25) is 0 Å². The van der Waals surface area contributed by atoms with Crippen LogP contribution in [0.4, 0.5) is 0 Å². The molecule has 4 aliphatic carbocycles. The number of fused-ring (bicyclic) bond motifs is 5. The molecule has 4 heteroatoms. The first kappa shape index (κ1) is 27.9. The van der Waals surface area contributed by atoms with Crippen molar-refractivity contribution in [1.29, 1.82) is 0 Å². The van der Waals surface area contributed by atoms with Gasteiger partial charge in [0, 0.05) is 5.54 Å². The Kier molecular flexibility index (Phi) is 6.91. The summed E-state index contributed by atoms with van der Waals surface area (Å²) in [4.78, 5) is 0. The molecule has 3 unspecified atom stereocenters. The maximum Gasteiger partial charge on any atom is 0.0652 e. The smallest absolute Gasteiger partial charge is 0.0652 e. The van der Waals surface area contributed by atoms with Crippen LogP contribution in [0.1, 0.15) is 120 Å². The molecule has 4 nitrogen and oxygen atoms in total. The molecule has 0 aliphatic heterocycles. The molecule has 0 aromatic rings. The van der Waals surface area contributed by atoms with E-state index in [9.17, 15) is 15.3 Å². The van der Waals surface area contributed by atoms with Crippen LogP contribution >= 0.6 is 0 Å². The van der Waals surface area contributed by atoms with E-state index in [0.29, 0.717) is 11.8 Å². The number of nitrogens with one attached hydrogen (secondary N) is 1. The normalized spacial score (nSPS) is 49.0. The van der Waals surface area contributed by atoms with Crippen molar-refractivity contribution in [2.45, 2.75) is 143 Å². The molecule has 0 heterocycles. The second-order valence-electron chi connectivity index (χ2n) is 16.0. The van der Waals surface area contributed by atoms with Crippen molar-refractivity contribution in [3.63, 3.8) is 0 Å². The highest BCUT2D eigenvalue weighted by molar-refractivity contribution is 5.19. The van der Waals surface area contributed by atoms with E-state index in [-0.39, 0.29) is 51.2 Å². The Bertz CT molecular complexity index is 787. The summed E-state index contributed by atoms with van der Waals surface area (Å²) >= 11 is 0. The van der Waals surface area contributed by atoms with Crippen LogP contribution in [0.5, 0.6) is 0 Å². The van der Waals surface area contributed by atoms with E-state index in [1.165, 1.54) is 12.8 Å². The standard InChI is InChI=1S/C31H57NO3/c1-26(2,3)32-18-10-14-31(9,35)20-11-16-30(8)25(20)21(33)19-23-28(6)15-13-24(34)27(4,5)22(28)12-17-29(23,30)7/h20-25,32-35H,10-19H2,1-9H3/t20-,21+,22?,23?,24-,25?,28-,29+,30+,31-/m0/s1. The lowest BCUT2D eigenvalue weighted by Gasteiger charge is -2.70. The van der Waals surface area contributed by atoms with E-state index >= 15 is 0 Å². The van der Waals surface area contributed by atoms with E-state index in [1.807, 2.05) is 6.92 Å². The fourth-order valence-electron chi connectivity index (χ4n) is 10.5. The zero-order valence-corrected chi connectivity index (χ0v) is 24.4. The summed E-state index contributed by atoms with van der Waals surface area (Å²) in [6, 6.07) is 0. The number of hydrogen-bond acceptors (Lipinski definition) is 4. The van der Waals surface area contributed by atoms with E-state index in [0.717, 1.165) is 51.5 Å². The third kappa shape index (κ3) is 4.25. The van der Waals surface area contributed by atoms with Gasteiger partial charge in [-0.2, -0.15) is 0 Å². The lowest BCUT2D eigenvalue weighted by molar-refractivity contribution is -0.246. The Morgan fingerprint density at radius 1 is 0.829 bits per heavy atom. The Morgan fingerprint density at radius 3 is 2.09 bits per heavy atom. The molecule has 0 aromatic heterocycles. The third-order valence-corrected chi connectivity index (χ3v) is 12.7. The molecule has 4 fully saturated rings. The molecule has 0 spiro atoms. The van der Waals surface area contributed by atoms with Gasteiger partial charge in [0.2, 0.25) is 0 Å². The van der Waals surface area contributed by atoms with Crippen molar-refractivity contribution in [2.75, 3.05) is 6.54 Å². The van der Waals surface area contributed by atoms with E-state index in [1.54, 1.807) is 0 Å². The summed E-state index contributed by atoms with van der Waals surface area (Å²) in [7, 11) is 0. The largest absolute Gasteiger partial charge is 0.393 e. The second kappa shape index (κ2) is 8.68. The Morgan fingerprint density at radius 2 is 1.46 bits per heavy atom. The topological polar surface area (TPSA) is 72.7 Å². The quantitative estimate of drug-likeness (QED) is 0.360. The zero-order chi connectivity index (χ0) is 26.2. The number of aliphatic hydroxyl groups is 3. The van der Waals surface area contributed by atoms with Crippen LogP contribution in [0, 0.1) is 45.3 Å². The lowest BCUT2D eigenvalue weighted by Crippen LogP contribution is -2.66. The molecule has 0 aromatic carbocycles. The van der Waals surface area contributed by atoms with Gasteiger partial charge in [-0.25, -0.2) is 0 Å². The molecule has 204 valence electrons. The minimum absolute atomic E-state index is 0.0435. The summed E-state index contributed by atoms with van der Waals surface area (Å²) < 4.78 is 0. The molecule has 0 amide bonds. The summed E-state index contributed by atoms with van der Waals surface area (Å²) in [6.07, 6.45) is 8.44. The molecule has 0 radical (unpaired) electrons. The maximum absolute atomic E-state index is 11.8. The summed E-state index contributed by atoms with van der Waals surface area (Å²) in [5.41, 5.74) is -0.352. The molecule has 35 heavy (non-hydrogen) atoms. The first-order valence-electron chi connectivity index (χ1n) is 14.7. The van der Waals surface area contributed by atoms with Crippen LogP contribution in [0.25, 0.3) is 0 Å². The van der Waals surface area contributed by atoms with Crippen LogP contribution in [0.15, 0.2) is 0 Å². The van der Waals surface area contributed by atoms with Crippen LogP contribution in [-0.4, -0.2) is 45.2 Å². The Labute approximate surface area is 216 Å². The zero-order valence-electron chi connectivity index (χ0n) is 24.4.